The first-order valence-electron chi connectivity index (χ1n) is 9.45. The van der Waals surface area contributed by atoms with E-state index in [9.17, 15) is 8.42 Å². The molecule has 0 aliphatic carbocycles. The quantitative estimate of drug-likeness (QED) is 0.615. The first kappa shape index (κ1) is 21.3. The number of nitrogens with one attached hydrogen (secondary N) is 2. The number of ether oxygens (including phenoxy) is 2. The monoisotopic (exact) mass is 421 g/mol. The molecule has 1 aliphatic rings. The summed E-state index contributed by atoms with van der Waals surface area (Å²) in [5.41, 5.74) is 0.764. The average Bonchev–Trinajstić information content (AvgIpc) is 2.71. The molecule has 2 aromatic rings. The molecule has 1 aromatic carbocycles. The van der Waals surface area contributed by atoms with Gasteiger partial charge in [-0.25, -0.2) is 23.1 Å². The van der Waals surface area contributed by atoms with Crippen molar-refractivity contribution in [3.63, 3.8) is 0 Å². The van der Waals surface area contributed by atoms with Gasteiger partial charge in [-0.05, 0) is 37.6 Å². The van der Waals surface area contributed by atoms with Gasteiger partial charge in [0, 0.05) is 32.2 Å². The Morgan fingerprint density at radius 3 is 2.59 bits per heavy atom. The Morgan fingerprint density at radius 2 is 1.90 bits per heavy atom. The van der Waals surface area contributed by atoms with Crippen molar-refractivity contribution in [2.24, 2.45) is 0 Å². The van der Waals surface area contributed by atoms with Crippen LogP contribution in [-0.2, 0) is 14.8 Å². The zero-order valence-electron chi connectivity index (χ0n) is 16.9. The van der Waals surface area contributed by atoms with Gasteiger partial charge in [0.05, 0.1) is 25.2 Å². The van der Waals surface area contributed by atoms with E-state index in [0.717, 1.165) is 24.5 Å². The van der Waals surface area contributed by atoms with Gasteiger partial charge in [-0.3, -0.25) is 0 Å². The van der Waals surface area contributed by atoms with E-state index in [-0.39, 0.29) is 11.4 Å². The summed E-state index contributed by atoms with van der Waals surface area (Å²) < 4.78 is 38.1. The van der Waals surface area contributed by atoms with Crippen molar-refractivity contribution in [3.8, 4) is 5.75 Å². The number of hydrogen-bond donors (Lipinski definition) is 2. The lowest BCUT2D eigenvalue weighted by molar-refractivity contribution is 0.122. The van der Waals surface area contributed by atoms with E-state index in [0.29, 0.717) is 37.2 Å². The smallest absolute Gasteiger partial charge is 0.240 e. The summed E-state index contributed by atoms with van der Waals surface area (Å²) in [6.07, 6.45) is 0. The molecule has 0 atom stereocenters. The number of aryl methyl sites for hydroxylation is 2. The van der Waals surface area contributed by atoms with E-state index in [1.54, 1.807) is 19.2 Å². The van der Waals surface area contributed by atoms with Gasteiger partial charge in [-0.2, -0.15) is 0 Å². The van der Waals surface area contributed by atoms with Crippen LogP contribution in [0, 0.1) is 13.8 Å². The zero-order chi connectivity index (χ0) is 20.9. The summed E-state index contributed by atoms with van der Waals surface area (Å²) in [6, 6.07) is 6.65. The van der Waals surface area contributed by atoms with Gasteiger partial charge < -0.3 is 19.7 Å². The molecule has 2 N–H and O–H groups in total. The third kappa shape index (κ3) is 5.55. The maximum Gasteiger partial charge on any atom is 0.240 e. The minimum absolute atomic E-state index is 0.211. The van der Waals surface area contributed by atoms with Gasteiger partial charge in [-0.15, -0.1) is 0 Å². The Hall–Kier alpha value is -2.43. The molecular formula is C19H27N5O4S. The SMILES string of the molecule is COc1ccc(S(=O)(=O)NCCNc2cc(N3CCOCC3)nc(C)n2)cc1C. The highest BCUT2D eigenvalue weighted by atomic mass is 32.2. The summed E-state index contributed by atoms with van der Waals surface area (Å²) in [5.74, 6) is 2.82. The molecule has 0 amide bonds. The molecule has 158 valence electrons. The van der Waals surface area contributed by atoms with Crippen LogP contribution in [0.1, 0.15) is 11.4 Å². The number of anilines is 2. The predicted octanol–water partition coefficient (Wildman–Crippen LogP) is 1.33. The van der Waals surface area contributed by atoms with E-state index in [1.165, 1.54) is 6.07 Å². The van der Waals surface area contributed by atoms with Crippen molar-refractivity contribution < 1.29 is 17.9 Å². The van der Waals surface area contributed by atoms with Crippen LogP contribution in [0.3, 0.4) is 0 Å². The predicted molar refractivity (Wildman–Crippen MR) is 111 cm³/mol. The number of nitrogens with zero attached hydrogens (tertiary/aromatic N) is 3. The lowest BCUT2D eigenvalue weighted by Crippen LogP contribution is -2.37. The number of benzene rings is 1. The fourth-order valence-corrected chi connectivity index (χ4v) is 4.19. The number of aromatic nitrogens is 2. The summed E-state index contributed by atoms with van der Waals surface area (Å²) in [7, 11) is -2.04. The summed E-state index contributed by atoms with van der Waals surface area (Å²) in [6.45, 7) is 7.20. The minimum atomic E-state index is -3.60. The number of hydrogen-bond acceptors (Lipinski definition) is 8. The molecule has 1 aliphatic heterocycles. The molecule has 3 rings (SSSR count). The first-order chi connectivity index (χ1) is 13.9. The molecule has 1 fully saturated rings. The van der Waals surface area contributed by atoms with Crippen molar-refractivity contribution >= 4 is 21.7 Å². The van der Waals surface area contributed by atoms with Gasteiger partial charge in [0.15, 0.2) is 0 Å². The van der Waals surface area contributed by atoms with Crippen molar-refractivity contribution in [1.29, 1.82) is 0 Å². The van der Waals surface area contributed by atoms with Crippen LogP contribution in [-0.4, -0.2) is 64.9 Å². The molecule has 0 bridgehead atoms. The fourth-order valence-electron chi connectivity index (χ4n) is 3.07. The van der Waals surface area contributed by atoms with Gasteiger partial charge in [-0.1, -0.05) is 0 Å². The average molecular weight is 422 g/mol. The van der Waals surface area contributed by atoms with Crippen LogP contribution >= 0.6 is 0 Å². The highest BCUT2D eigenvalue weighted by Gasteiger charge is 2.16. The Labute approximate surface area is 171 Å². The number of methoxy groups -OCH3 is 1. The van der Waals surface area contributed by atoms with E-state index < -0.39 is 10.0 Å². The van der Waals surface area contributed by atoms with E-state index in [2.05, 4.69) is 24.9 Å². The van der Waals surface area contributed by atoms with Gasteiger partial charge in [0.1, 0.15) is 23.2 Å². The Bertz CT molecular complexity index is 946. The minimum Gasteiger partial charge on any atom is -0.496 e. The van der Waals surface area contributed by atoms with Crippen molar-refractivity contribution in [3.05, 3.63) is 35.7 Å². The molecule has 0 saturated carbocycles. The third-order valence-corrected chi connectivity index (χ3v) is 6.02. The molecule has 1 saturated heterocycles. The van der Waals surface area contributed by atoms with E-state index in [4.69, 9.17) is 9.47 Å². The highest BCUT2D eigenvalue weighted by Crippen LogP contribution is 2.21. The molecule has 0 unspecified atom stereocenters. The zero-order valence-corrected chi connectivity index (χ0v) is 17.8. The molecule has 10 heteroatoms. The highest BCUT2D eigenvalue weighted by molar-refractivity contribution is 7.89. The third-order valence-electron chi connectivity index (χ3n) is 4.56. The van der Waals surface area contributed by atoms with Crippen LogP contribution < -0.4 is 19.7 Å². The van der Waals surface area contributed by atoms with Crippen LogP contribution in [0.15, 0.2) is 29.2 Å². The second-order valence-electron chi connectivity index (χ2n) is 6.71. The molecule has 0 radical (unpaired) electrons. The molecule has 2 heterocycles. The second kappa shape index (κ2) is 9.38. The molecule has 0 spiro atoms. The van der Waals surface area contributed by atoms with Gasteiger partial charge >= 0.3 is 0 Å². The standard InChI is InChI=1S/C19H27N5O4S/c1-14-12-16(4-5-17(14)27-3)29(25,26)21-7-6-20-18-13-19(23-15(2)22-18)24-8-10-28-11-9-24/h4-5,12-13,21H,6-11H2,1-3H3,(H,20,22,23). The van der Waals surface area contributed by atoms with Crippen LogP contribution in [0.4, 0.5) is 11.6 Å². The normalized spacial score (nSPS) is 14.7. The molecule has 29 heavy (non-hydrogen) atoms. The molecular weight excluding hydrogens is 394 g/mol. The molecule has 9 nitrogen and oxygen atoms in total. The maximum absolute atomic E-state index is 12.5. The topological polar surface area (TPSA) is 106 Å². The lowest BCUT2D eigenvalue weighted by atomic mass is 10.2. The summed E-state index contributed by atoms with van der Waals surface area (Å²) >= 11 is 0. The van der Waals surface area contributed by atoms with E-state index >= 15 is 0 Å². The van der Waals surface area contributed by atoms with E-state index in [1.807, 2.05) is 19.9 Å². The Morgan fingerprint density at radius 1 is 1.14 bits per heavy atom. The van der Waals surface area contributed by atoms with Crippen molar-refractivity contribution in [2.45, 2.75) is 18.7 Å². The number of sulfonamides is 1. The van der Waals surface area contributed by atoms with Gasteiger partial charge in [0.2, 0.25) is 10.0 Å². The summed E-state index contributed by atoms with van der Waals surface area (Å²) in [4.78, 5) is 11.2. The summed E-state index contributed by atoms with van der Waals surface area (Å²) in [5, 5.41) is 3.16. The fraction of sp³-hybridized carbons (Fsp3) is 0.474. The van der Waals surface area contributed by atoms with Gasteiger partial charge in [0.25, 0.3) is 0 Å². The molecule has 1 aromatic heterocycles. The number of morpholine rings is 1. The first-order valence-corrected chi connectivity index (χ1v) is 10.9. The second-order valence-corrected chi connectivity index (χ2v) is 8.48. The maximum atomic E-state index is 12.5. The van der Waals surface area contributed by atoms with Crippen LogP contribution in [0.2, 0.25) is 0 Å². The van der Waals surface area contributed by atoms with Crippen LogP contribution in [0.25, 0.3) is 0 Å². The Kier molecular flexibility index (Phi) is 6.88. The Balaban J connectivity index is 1.57. The van der Waals surface area contributed by atoms with Crippen molar-refractivity contribution in [2.75, 3.05) is 56.7 Å². The lowest BCUT2D eigenvalue weighted by Gasteiger charge is -2.28. The van der Waals surface area contributed by atoms with Crippen LogP contribution in [0.5, 0.6) is 5.75 Å². The number of rotatable bonds is 8. The van der Waals surface area contributed by atoms with Crippen molar-refractivity contribution in [1.82, 2.24) is 14.7 Å². The largest absolute Gasteiger partial charge is 0.496 e.